The van der Waals surface area contributed by atoms with Crippen molar-refractivity contribution in [1.82, 2.24) is 0 Å². The summed E-state index contributed by atoms with van der Waals surface area (Å²) in [4.78, 5) is 21.3. The van der Waals surface area contributed by atoms with E-state index < -0.39 is 13.4 Å². The van der Waals surface area contributed by atoms with Crippen molar-refractivity contribution in [2.75, 3.05) is 0 Å². The van der Waals surface area contributed by atoms with Gasteiger partial charge < -0.3 is 9.79 Å². The molecule has 0 fully saturated rings. The molecule has 2 aromatic carbocycles. The molecule has 2 rings (SSSR count). The molecule has 0 saturated carbocycles. The zero-order valence-electron chi connectivity index (χ0n) is 28.9. The maximum absolute atomic E-state index is 13.1. The van der Waals surface area contributed by atoms with E-state index in [-0.39, 0.29) is 21.7 Å². The molecule has 4 nitrogen and oxygen atoms in total. The van der Waals surface area contributed by atoms with E-state index >= 15 is 0 Å². The fourth-order valence-corrected chi connectivity index (χ4v) is 6.37. The van der Waals surface area contributed by atoms with Crippen LogP contribution in [-0.2, 0) is 36.3 Å². The van der Waals surface area contributed by atoms with Gasteiger partial charge in [0.05, 0.1) is 0 Å². The second-order valence-corrected chi connectivity index (χ2v) is 17.4. The highest BCUT2D eigenvalue weighted by molar-refractivity contribution is 7.46. The molecular weight excluding hydrogens is 539 g/mol. The van der Waals surface area contributed by atoms with Crippen LogP contribution in [0.4, 0.5) is 0 Å². The summed E-state index contributed by atoms with van der Waals surface area (Å²) in [6.07, 6.45) is 4.68. The van der Waals surface area contributed by atoms with Crippen LogP contribution in [0.25, 0.3) is 0 Å². The average molecular weight is 599 g/mol. The SMILES string of the molecule is C=C(CCCCCC)C(OP(=O)(O)O)(c1ccc(C(C)(C)C)cc1C(C)(C)C)c1ccc(C(C)(C)C)cc1C(C)(C)C. The highest BCUT2D eigenvalue weighted by Crippen LogP contribution is 2.56. The molecule has 0 saturated heterocycles. The molecule has 0 bridgehead atoms. The zero-order valence-corrected chi connectivity index (χ0v) is 29.8. The Morgan fingerprint density at radius 3 is 1.38 bits per heavy atom. The molecule has 0 unspecified atom stereocenters. The fourth-order valence-electron chi connectivity index (χ4n) is 5.69. The van der Waals surface area contributed by atoms with E-state index in [9.17, 15) is 14.4 Å². The lowest BCUT2D eigenvalue weighted by atomic mass is 9.67. The molecule has 0 radical (unpaired) electrons. The maximum atomic E-state index is 13.1. The maximum Gasteiger partial charge on any atom is 0.471 e. The van der Waals surface area contributed by atoms with Crippen molar-refractivity contribution in [3.8, 4) is 0 Å². The topological polar surface area (TPSA) is 66.8 Å². The van der Waals surface area contributed by atoms with Gasteiger partial charge in [0.2, 0.25) is 0 Å². The Kier molecular flexibility index (Phi) is 11.1. The molecule has 0 atom stereocenters. The van der Waals surface area contributed by atoms with Crippen LogP contribution in [-0.4, -0.2) is 9.79 Å². The second kappa shape index (κ2) is 12.7. The van der Waals surface area contributed by atoms with Gasteiger partial charge in [-0.2, -0.15) is 0 Å². The first-order valence-corrected chi connectivity index (χ1v) is 17.1. The molecule has 0 heterocycles. The normalized spacial score (nSPS) is 13.9. The van der Waals surface area contributed by atoms with Crippen LogP contribution >= 0.6 is 7.82 Å². The molecule has 2 N–H and O–H groups in total. The van der Waals surface area contributed by atoms with Gasteiger partial charge in [-0.1, -0.05) is 152 Å². The summed E-state index contributed by atoms with van der Waals surface area (Å²) >= 11 is 0. The van der Waals surface area contributed by atoms with E-state index in [4.69, 9.17) is 4.52 Å². The van der Waals surface area contributed by atoms with Crippen LogP contribution in [0, 0.1) is 0 Å². The largest absolute Gasteiger partial charge is 0.471 e. The molecule has 0 amide bonds. The van der Waals surface area contributed by atoms with Gasteiger partial charge in [-0.15, -0.1) is 0 Å². The van der Waals surface area contributed by atoms with Crippen molar-refractivity contribution in [2.45, 2.75) is 149 Å². The van der Waals surface area contributed by atoms with Gasteiger partial charge in [0.15, 0.2) is 5.60 Å². The molecule has 0 aliphatic heterocycles. The summed E-state index contributed by atoms with van der Waals surface area (Å²) in [5, 5.41) is 0. The summed E-state index contributed by atoms with van der Waals surface area (Å²) in [7, 11) is -5.01. The highest BCUT2D eigenvalue weighted by Gasteiger charge is 2.48. The van der Waals surface area contributed by atoms with E-state index in [0.29, 0.717) is 12.0 Å². The van der Waals surface area contributed by atoms with E-state index in [0.717, 1.165) is 59.1 Å². The van der Waals surface area contributed by atoms with Crippen LogP contribution in [0.15, 0.2) is 48.6 Å². The summed E-state index contributed by atoms with van der Waals surface area (Å²) in [6.45, 7) is 32.8. The van der Waals surface area contributed by atoms with Crippen LogP contribution < -0.4 is 0 Å². The third-order valence-corrected chi connectivity index (χ3v) is 8.74. The lowest BCUT2D eigenvalue weighted by molar-refractivity contribution is 0.0885. The summed E-state index contributed by atoms with van der Waals surface area (Å²) < 4.78 is 19.3. The first-order valence-electron chi connectivity index (χ1n) is 15.6. The van der Waals surface area contributed by atoms with Gasteiger partial charge >= 0.3 is 7.82 Å². The number of hydrogen-bond donors (Lipinski definition) is 2. The molecule has 0 spiro atoms. The van der Waals surface area contributed by atoms with E-state index in [2.05, 4.69) is 121 Å². The second-order valence-electron chi connectivity index (χ2n) is 16.2. The Labute approximate surface area is 257 Å². The van der Waals surface area contributed by atoms with Crippen molar-refractivity contribution in [1.29, 1.82) is 0 Å². The fraction of sp³-hybridized carbons (Fsp3) is 0.622. The third kappa shape index (κ3) is 8.69. The molecule has 5 heteroatoms. The predicted molar refractivity (Wildman–Crippen MR) is 179 cm³/mol. The monoisotopic (exact) mass is 598 g/mol. The molecule has 0 aliphatic carbocycles. The van der Waals surface area contributed by atoms with E-state index in [1.165, 1.54) is 0 Å². The van der Waals surface area contributed by atoms with Crippen molar-refractivity contribution >= 4 is 7.82 Å². The van der Waals surface area contributed by atoms with Crippen molar-refractivity contribution in [3.63, 3.8) is 0 Å². The Morgan fingerprint density at radius 1 is 0.667 bits per heavy atom. The number of rotatable bonds is 10. The predicted octanol–water partition coefficient (Wildman–Crippen LogP) is 10.8. The minimum absolute atomic E-state index is 0.104. The number of phosphoric ester groups is 1. The van der Waals surface area contributed by atoms with Crippen molar-refractivity contribution in [2.24, 2.45) is 0 Å². The smallest absolute Gasteiger partial charge is 0.303 e. The molecule has 42 heavy (non-hydrogen) atoms. The number of unbranched alkanes of at least 4 members (excludes halogenated alkanes) is 3. The molecule has 0 aromatic heterocycles. The Balaban J connectivity index is 3.21. The first kappa shape index (κ1) is 36.5. The van der Waals surface area contributed by atoms with Gasteiger partial charge in [0.1, 0.15) is 0 Å². The van der Waals surface area contributed by atoms with Crippen molar-refractivity contribution in [3.05, 3.63) is 81.9 Å². The summed E-state index contributed by atoms with van der Waals surface area (Å²) in [5.41, 5.74) is 4.06. The van der Waals surface area contributed by atoms with Crippen LogP contribution in [0.5, 0.6) is 0 Å². The molecule has 236 valence electrons. The zero-order chi connectivity index (χ0) is 32.5. The number of benzene rings is 2. The Hall–Kier alpha value is -1.71. The van der Waals surface area contributed by atoms with Crippen LogP contribution in [0.1, 0.15) is 155 Å². The Bertz CT molecular complexity index is 1210. The quantitative estimate of drug-likeness (QED) is 0.162. The van der Waals surface area contributed by atoms with E-state index in [1.807, 2.05) is 12.1 Å². The summed E-state index contributed by atoms with van der Waals surface area (Å²) in [6, 6.07) is 12.7. The number of hydrogen-bond acceptors (Lipinski definition) is 2. The van der Waals surface area contributed by atoms with E-state index in [1.54, 1.807) is 0 Å². The third-order valence-electron chi connectivity index (χ3n) is 8.23. The lowest BCUT2D eigenvalue weighted by Crippen LogP contribution is -2.38. The molecular formula is C37H59O4P. The Morgan fingerprint density at radius 2 is 1.07 bits per heavy atom. The minimum atomic E-state index is -5.01. The summed E-state index contributed by atoms with van der Waals surface area (Å²) in [5.74, 6) is 0. The lowest BCUT2D eigenvalue weighted by Gasteiger charge is -2.43. The molecule has 2 aromatic rings. The van der Waals surface area contributed by atoms with Crippen molar-refractivity contribution < 1.29 is 18.9 Å². The standard InChI is InChI=1S/C37H59O4P/c1-15-16-17-18-19-26(2)37(41-42(38,39)40,29-22-20-27(33(3,4)5)24-31(29)35(9,10)11)30-23-21-28(34(6,7)8)25-32(30)36(12,13)14/h20-25H,2,15-19H2,1,3-14H3,(H2,38,39,40). The van der Waals surface area contributed by atoms with Gasteiger partial charge in [-0.05, 0) is 73.5 Å². The van der Waals surface area contributed by atoms with Crippen LogP contribution in [0.3, 0.4) is 0 Å². The number of phosphoric acid groups is 1. The minimum Gasteiger partial charge on any atom is -0.303 e. The van der Waals surface area contributed by atoms with Gasteiger partial charge in [-0.3, -0.25) is 4.52 Å². The average Bonchev–Trinajstić information content (AvgIpc) is 2.81. The molecule has 0 aliphatic rings. The van der Waals surface area contributed by atoms with Gasteiger partial charge in [0, 0.05) is 0 Å². The first-order chi connectivity index (χ1) is 18.9. The van der Waals surface area contributed by atoms with Crippen LogP contribution in [0.2, 0.25) is 0 Å². The highest BCUT2D eigenvalue weighted by atomic mass is 31.2. The van der Waals surface area contributed by atoms with Gasteiger partial charge in [-0.25, -0.2) is 4.57 Å². The van der Waals surface area contributed by atoms with Gasteiger partial charge in [0.25, 0.3) is 0 Å².